The molecule has 2 amide bonds. The van der Waals surface area contributed by atoms with Gasteiger partial charge < -0.3 is 15.4 Å². The van der Waals surface area contributed by atoms with Crippen LogP contribution in [0.2, 0.25) is 5.02 Å². The Balaban J connectivity index is 1.53. The van der Waals surface area contributed by atoms with Crippen LogP contribution in [0.25, 0.3) is 0 Å². The highest BCUT2D eigenvalue weighted by Crippen LogP contribution is 2.24. The molecule has 0 radical (unpaired) electrons. The number of hydrogen-bond donors (Lipinski definition) is 2. The largest absolute Gasteiger partial charge is 0.368 e. The first kappa shape index (κ1) is 21.1. The van der Waals surface area contributed by atoms with Crippen LogP contribution in [-0.4, -0.2) is 24.5 Å². The SMILES string of the molecule is O=C(N[C@H](c1ccccc1)c1ccc(Cl)cc1)c1cccc(NC(=O)[C@@H]2CCCO2)c1. The van der Waals surface area contributed by atoms with Crippen molar-refractivity contribution in [2.75, 3.05) is 11.9 Å². The molecule has 0 unspecified atom stereocenters. The third-order valence-electron chi connectivity index (χ3n) is 5.23. The fourth-order valence-electron chi connectivity index (χ4n) is 3.62. The van der Waals surface area contributed by atoms with Crippen molar-refractivity contribution >= 4 is 29.1 Å². The van der Waals surface area contributed by atoms with E-state index in [1.165, 1.54) is 0 Å². The van der Waals surface area contributed by atoms with Crippen LogP contribution in [0.1, 0.15) is 40.4 Å². The molecule has 4 rings (SSSR count). The summed E-state index contributed by atoms with van der Waals surface area (Å²) in [4.78, 5) is 25.4. The lowest BCUT2D eigenvalue weighted by Gasteiger charge is -2.20. The van der Waals surface area contributed by atoms with Gasteiger partial charge in [0.2, 0.25) is 0 Å². The summed E-state index contributed by atoms with van der Waals surface area (Å²) in [5.74, 6) is -0.421. The third kappa shape index (κ3) is 5.32. The van der Waals surface area contributed by atoms with Crippen molar-refractivity contribution in [1.82, 2.24) is 5.32 Å². The highest BCUT2D eigenvalue weighted by Gasteiger charge is 2.24. The number of carbonyl (C=O) groups excluding carboxylic acids is 2. The second-order valence-corrected chi connectivity index (χ2v) is 7.88. The first-order valence-electron chi connectivity index (χ1n) is 10.2. The molecule has 158 valence electrons. The maximum absolute atomic E-state index is 13.1. The number of anilines is 1. The van der Waals surface area contributed by atoms with Crippen molar-refractivity contribution < 1.29 is 14.3 Å². The molecule has 1 aliphatic rings. The lowest BCUT2D eigenvalue weighted by molar-refractivity contribution is -0.124. The zero-order valence-corrected chi connectivity index (χ0v) is 17.6. The Labute approximate surface area is 186 Å². The van der Waals surface area contributed by atoms with Crippen molar-refractivity contribution in [3.63, 3.8) is 0 Å². The minimum atomic E-state index is -0.426. The van der Waals surface area contributed by atoms with Gasteiger partial charge in [0.25, 0.3) is 11.8 Å². The van der Waals surface area contributed by atoms with E-state index in [1.54, 1.807) is 36.4 Å². The Kier molecular flexibility index (Phi) is 6.65. The Morgan fingerprint density at radius 2 is 1.68 bits per heavy atom. The molecule has 2 N–H and O–H groups in total. The summed E-state index contributed by atoms with van der Waals surface area (Å²) in [6.45, 7) is 0.603. The van der Waals surface area contributed by atoms with E-state index >= 15 is 0 Å². The molecule has 1 saturated heterocycles. The van der Waals surface area contributed by atoms with Crippen LogP contribution in [-0.2, 0) is 9.53 Å². The van der Waals surface area contributed by atoms with Crippen molar-refractivity contribution in [2.24, 2.45) is 0 Å². The van der Waals surface area contributed by atoms with Crippen LogP contribution in [0.4, 0.5) is 5.69 Å². The van der Waals surface area contributed by atoms with Gasteiger partial charge in [0.1, 0.15) is 6.10 Å². The molecule has 0 spiro atoms. The summed E-state index contributed by atoms with van der Waals surface area (Å²) in [7, 11) is 0. The number of carbonyl (C=O) groups is 2. The lowest BCUT2D eigenvalue weighted by Crippen LogP contribution is -2.30. The molecule has 3 aromatic carbocycles. The standard InChI is InChI=1S/C25H23ClN2O3/c26-20-13-11-18(12-14-20)23(17-6-2-1-3-7-17)28-24(29)19-8-4-9-21(16-19)27-25(30)22-10-5-15-31-22/h1-4,6-9,11-14,16,22-23H,5,10,15H2,(H,27,30)(H,28,29)/t22-,23+/m0/s1. The number of ether oxygens (including phenoxy) is 1. The molecule has 1 fully saturated rings. The van der Waals surface area contributed by atoms with Gasteiger partial charge in [-0.05, 0) is 54.3 Å². The van der Waals surface area contributed by atoms with Crippen LogP contribution < -0.4 is 10.6 Å². The molecule has 1 aliphatic heterocycles. The van der Waals surface area contributed by atoms with Gasteiger partial charge in [0, 0.05) is 22.9 Å². The first-order valence-corrected chi connectivity index (χ1v) is 10.6. The van der Waals surface area contributed by atoms with Gasteiger partial charge in [-0.25, -0.2) is 0 Å². The van der Waals surface area contributed by atoms with Gasteiger partial charge in [-0.3, -0.25) is 9.59 Å². The molecule has 1 heterocycles. The molecule has 5 nitrogen and oxygen atoms in total. The molecule has 0 saturated carbocycles. The van der Waals surface area contributed by atoms with E-state index in [9.17, 15) is 9.59 Å². The predicted octanol–water partition coefficient (Wildman–Crippen LogP) is 4.98. The molecular weight excluding hydrogens is 412 g/mol. The van der Waals surface area contributed by atoms with E-state index in [2.05, 4.69) is 10.6 Å². The summed E-state index contributed by atoms with van der Waals surface area (Å²) in [5, 5.41) is 6.58. The minimum absolute atomic E-state index is 0.182. The highest BCUT2D eigenvalue weighted by molar-refractivity contribution is 6.30. The fourth-order valence-corrected chi connectivity index (χ4v) is 3.75. The van der Waals surface area contributed by atoms with Crippen molar-refractivity contribution in [3.8, 4) is 0 Å². The first-order chi connectivity index (χ1) is 15.1. The maximum atomic E-state index is 13.1. The van der Waals surface area contributed by atoms with Crippen LogP contribution in [0.3, 0.4) is 0 Å². The Hall–Kier alpha value is -3.15. The Morgan fingerprint density at radius 3 is 2.39 bits per heavy atom. The van der Waals surface area contributed by atoms with Crippen molar-refractivity contribution in [1.29, 1.82) is 0 Å². The fraction of sp³-hybridized carbons (Fsp3) is 0.200. The van der Waals surface area contributed by atoms with Crippen LogP contribution >= 0.6 is 11.6 Å². The van der Waals surface area contributed by atoms with E-state index in [-0.39, 0.29) is 17.9 Å². The number of halogens is 1. The second-order valence-electron chi connectivity index (χ2n) is 7.44. The average Bonchev–Trinajstić information content (AvgIpc) is 3.34. The van der Waals surface area contributed by atoms with Gasteiger partial charge in [-0.1, -0.05) is 60.1 Å². The molecule has 3 aromatic rings. The number of rotatable bonds is 6. The number of nitrogens with one attached hydrogen (secondary N) is 2. The van der Waals surface area contributed by atoms with Gasteiger partial charge in [0.05, 0.1) is 6.04 Å². The maximum Gasteiger partial charge on any atom is 0.253 e. The van der Waals surface area contributed by atoms with E-state index in [0.29, 0.717) is 29.3 Å². The number of hydrogen-bond acceptors (Lipinski definition) is 3. The van der Waals surface area contributed by atoms with Crippen LogP contribution in [0.5, 0.6) is 0 Å². The topological polar surface area (TPSA) is 67.4 Å². The summed E-state index contributed by atoms with van der Waals surface area (Å²) < 4.78 is 5.42. The average molecular weight is 435 g/mol. The third-order valence-corrected chi connectivity index (χ3v) is 5.48. The summed E-state index contributed by atoms with van der Waals surface area (Å²) in [6, 6.07) is 23.7. The monoisotopic (exact) mass is 434 g/mol. The molecule has 0 aliphatic carbocycles. The second kappa shape index (κ2) is 9.77. The molecule has 0 aromatic heterocycles. The smallest absolute Gasteiger partial charge is 0.253 e. The van der Waals surface area contributed by atoms with Gasteiger partial charge in [-0.2, -0.15) is 0 Å². The molecule has 6 heteroatoms. The highest BCUT2D eigenvalue weighted by atomic mass is 35.5. The van der Waals surface area contributed by atoms with Gasteiger partial charge >= 0.3 is 0 Å². The lowest BCUT2D eigenvalue weighted by atomic mass is 9.98. The molecule has 2 atom stereocenters. The van der Waals surface area contributed by atoms with Gasteiger partial charge in [0.15, 0.2) is 0 Å². The molecule has 31 heavy (non-hydrogen) atoms. The number of benzene rings is 3. The minimum Gasteiger partial charge on any atom is -0.368 e. The predicted molar refractivity (Wildman–Crippen MR) is 121 cm³/mol. The Morgan fingerprint density at radius 1 is 0.935 bits per heavy atom. The summed E-state index contributed by atoms with van der Waals surface area (Å²) >= 11 is 6.04. The Bertz CT molecular complexity index is 1050. The van der Waals surface area contributed by atoms with Crippen molar-refractivity contribution in [3.05, 3.63) is 101 Å². The zero-order valence-electron chi connectivity index (χ0n) is 16.9. The van der Waals surface area contributed by atoms with Crippen LogP contribution in [0.15, 0.2) is 78.9 Å². The number of amides is 2. The van der Waals surface area contributed by atoms with Crippen molar-refractivity contribution in [2.45, 2.75) is 25.0 Å². The van der Waals surface area contributed by atoms with E-state index in [0.717, 1.165) is 17.5 Å². The van der Waals surface area contributed by atoms with E-state index in [1.807, 2.05) is 42.5 Å². The summed E-state index contributed by atoms with van der Waals surface area (Å²) in [6.07, 6.45) is 1.17. The van der Waals surface area contributed by atoms with E-state index in [4.69, 9.17) is 16.3 Å². The molecular formula is C25H23ClN2O3. The van der Waals surface area contributed by atoms with Gasteiger partial charge in [-0.15, -0.1) is 0 Å². The quantitative estimate of drug-likeness (QED) is 0.575. The van der Waals surface area contributed by atoms with E-state index < -0.39 is 6.10 Å². The van der Waals surface area contributed by atoms with Crippen LogP contribution in [0, 0.1) is 0 Å². The summed E-state index contributed by atoms with van der Waals surface area (Å²) in [5.41, 5.74) is 2.91. The zero-order chi connectivity index (χ0) is 21.6. The normalized spacial score (nSPS) is 16.5. The molecule has 0 bridgehead atoms.